The predicted molar refractivity (Wildman–Crippen MR) is 75.7 cm³/mol. The number of rotatable bonds is 5. The van der Waals surface area contributed by atoms with Gasteiger partial charge in [0.1, 0.15) is 5.75 Å². The Hall–Kier alpha value is -1.91. The van der Waals surface area contributed by atoms with Gasteiger partial charge in [0.2, 0.25) is 0 Å². The SMILES string of the molecule is COc1ccccc1CC(NN)c1cccc(C)n1. The Morgan fingerprint density at radius 2 is 2.00 bits per heavy atom. The van der Waals surface area contributed by atoms with Crippen molar-refractivity contribution in [1.82, 2.24) is 10.4 Å². The van der Waals surface area contributed by atoms with E-state index >= 15 is 0 Å². The van der Waals surface area contributed by atoms with Crippen molar-refractivity contribution >= 4 is 0 Å². The van der Waals surface area contributed by atoms with E-state index in [0.717, 1.165) is 29.1 Å². The van der Waals surface area contributed by atoms with Crippen LogP contribution in [-0.4, -0.2) is 12.1 Å². The zero-order valence-electron chi connectivity index (χ0n) is 11.3. The number of nitrogens with zero attached hydrogens (tertiary/aromatic N) is 1. The summed E-state index contributed by atoms with van der Waals surface area (Å²) in [6.07, 6.45) is 0.733. The Labute approximate surface area is 113 Å². The van der Waals surface area contributed by atoms with Crippen LogP contribution in [0.2, 0.25) is 0 Å². The molecule has 1 heterocycles. The molecule has 0 radical (unpaired) electrons. The molecule has 4 heteroatoms. The summed E-state index contributed by atoms with van der Waals surface area (Å²) in [5.41, 5.74) is 5.86. The summed E-state index contributed by atoms with van der Waals surface area (Å²) in [4.78, 5) is 4.51. The van der Waals surface area contributed by atoms with Crippen molar-refractivity contribution in [2.24, 2.45) is 5.84 Å². The molecule has 2 rings (SSSR count). The molecule has 0 bridgehead atoms. The van der Waals surface area contributed by atoms with E-state index in [1.165, 1.54) is 0 Å². The number of nitrogens with one attached hydrogen (secondary N) is 1. The van der Waals surface area contributed by atoms with E-state index in [-0.39, 0.29) is 6.04 Å². The number of aryl methyl sites for hydroxylation is 1. The average Bonchev–Trinajstić information content (AvgIpc) is 2.45. The van der Waals surface area contributed by atoms with Crippen molar-refractivity contribution in [3.05, 3.63) is 59.4 Å². The quantitative estimate of drug-likeness (QED) is 0.636. The largest absolute Gasteiger partial charge is 0.496 e. The topological polar surface area (TPSA) is 60.2 Å². The number of methoxy groups -OCH3 is 1. The fourth-order valence-electron chi connectivity index (χ4n) is 2.10. The molecule has 1 unspecified atom stereocenters. The number of pyridine rings is 1. The van der Waals surface area contributed by atoms with Gasteiger partial charge in [0, 0.05) is 5.69 Å². The van der Waals surface area contributed by atoms with Crippen molar-refractivity contribution in [3.63, 3.8) is 0 Å². The lowest BCUT2D eigenvalue weighted by molar-refractivity contribution is 0.405. The summed E-state index contributed by atoms with van der Waals surface area (Å²) < 4.78 is 5.36. The van der Waals surface area contributed by atoms with Crippen LogP contribution in [0.1, 0.15) is 23.0 Å². The van der Waals surface area contributed by atoms with Gasteiger partial charge in [-0.2, -0.15) is 0 Å². The summed E-state index contributed by atoms with van der Waals surface area (Å²) in [5, 5.41) is 0. The first-order chi connectivity index (χ1) is 9.24. The molecule has 100 valence electrons. The Kier molecular flexibility index (Phi) is 4.49. The van der Waals surface area contributed by atoms with Gasteiger partial charge >= 0.3 is 0 Å². The first-order valence-electron chi connectivity index (χ1n) is 6.26. The second kappa shape index (κ2) is 6.31. The van der Waals surface area contributed by atoms with Crippen molar-refractivity contribution in [3.8, 4) is 5.75 Å². The average molecular weight is 257 g/mol. The fraction of sp³-hybridized carbons (Fsp3) is 0.267. The van der Waals surface area contributed by atoms with Crippen LogP contribution in [0.5, 0.6) is 5.75 Å². The zero-order chi connectivity index (χ0) is 13.7. The van der Waals surface area contributed by atoms with Gasteiger partial charge in [-0.25, -0.2) is 0 Å². The number of ether oxygens (including phenoxy) is 1. The Morgan fingerprint density at radius 1 is 1.21 bits per heavy atom. The maximum atomic E-state index is 5.66. The highest BCUT2D eigenvalue weighted by atomic mass is 16.5. The molecule has 2 aromatic rings. The first kappa shape index (κ1) is 13.5. The number of hydrazine groups is 1. The number of hydrogen-bond acceptors (Lipinski definition) is 4. The van der Waals surface area contributed by atoms with E-state index in [1.54, 1.807) is 7.11 Å². The normalized spacial score (nSPS) is 12.2. The summed E-state index contributed by atoms with van der Waals surface area (Å²) in [5.74, 6) is 6.53. The molecule has 19 heavy (non-hydrogen) atoms. The third-order valence-corrected chi connectivity index (χ3v) is 3.08. The van der Waals surface area contributed by atoms with Gasteiger partial charge in [-0.15, -0.1) is 0 Å². The Balaban J connectivity index is 2.24. The lowest BCUT2D eigenvalue weighted by Gasteiger charge is -2.17. The Bertz CT molecular complexity index is 542. The molecule has 0 saturated carbocycles. The molecule has 0 aliphatic rings. The number of hydrogen-bond donors (Lipinski definition) is 2. The fourth-order valence-corrected chi connectivity index (χ4v) is 2.10. The van der Waals surface area contributed by atoms with Crippen LogP contribution >= 0.6 is 0 Å². The predicted octanol–water partition coefficient (Wildman–Crippen LogP) is 2.15. The molecule has 1 aromatic carbocycles. The highest BCUT2D eigenvalue weighted by molar-refractivity contribution is 5.34. The smallest absolute Gasteiger partial charge is 0.122 e. The van der Waals surface area contributed by atoms with Crippen LogP contribution in [0.4, 0.5) is 0 Å². The minimum absolute atomic E-state index is 0.0313. The van der Waals surface area contributed by atoms with E-state index in [4.69, 9.17) is 10.6 Å². The van der Waals surface area contributed by atoms with Gasteiger partial charge in [-0.05, 0) is 37.1 Å². The molecule has 0 spiro atoms. The minimum Gasteiger partial charge on any atom is -0.496 e. The number of para-hydroxylation sites is 1. The third-order valence-electron chi connectivity index (χ3n) is 3.08. The molecule has 0 amide bonds. The Morgan fingerprint density at radius 3 is 2.68 bits per heavy atom. The van der Waals surface area contributed by atoms with Crippen LogP contribution in [-0.2, 0) is 6.42 Å². The van der Waals surface area contributed by atoms with Gasteiger partial charge in [-0.1, -0.05) is 24.3 Å². The molecular weight excluding hydrogens is 238 g/mol. The van der Waals surface area contributed by atoms with Crippen molar-refractivity contribution in [2.75, 3.05) is 7.11 Å². The third kappa shape index (κ3) is 3.30. The number of nitrogens with two attached hydrogens (primary N) is 1. The standard InChI is InChI=1S/C15H19N3O/c1-11-6-5-8-13(17-11)14(18-16)10-12-7-3-4-9-15(12)19-2/h3-9,14,18H,10,16H2,1-2H3. The van der Waals surface area contributed by atoms with Crippen LogP contribution in [0, 0.1) is 6.92 Å². The maximum Gasteiger partial charge on any atom is 0.122 e. The van der Waals surface area contributed by atoms with E-state index in [2.05, 4.69) is 10.4 Å². The van der Waals surface area contributed by atoms with Gasteiger partial charge in [0.25, 0.3) is 0 Å². The molecular formula is C15H19N3O. The molecule has 0 fully saturated rings. The number of benzene rings is 1. The lowest BCUT2D eigenvalue weighted by Crippen LogP contribution is -2.30. The monoisotopic (exact) mass is 257 g/mol. The summed E-state index contributed by atoms with van der Waals surface area (Å²) in [7, 11) is 1.68. The van der Waals surface area contributed by atoms with Gasteiger partial charge in [0.15, 0.2) is 0 Å². The molecule has 0 aliphatic heterocycles. The highest BCUT2D eigenvalue weighted by Gasteiger charge is 2.14. The van der Waals surface area contributed by atoms with E-state index in [1.807, 2.05) is 49.4 Å². The van der Waals surface area contributed by atoms with Crippen LogP contribution in [0.25, 0.3) is 0 Å². The van der Waals surface area contributed by atoms with Crippen molar-refractivity contribution in [2.45, 2.75) is 19.4 Å². The highest BCUT2D eigenvalue weighted by Crippen LogP contribution is 2.23. The van der Waals surface area contributed by atoms with E-state index in [9.17, 15) is 0 Å². The summed E-state index contributed by atoms with van der Waals surface area (Å²) in [6.45, 7) is 1.97. The van der Waals surface area contributed by atoms with Crippen LogP contribution in [0.3, 0.4) is 0 Å². The van der Waals surface area contributed by atoms with Gasteiger partial charge in [0.05, 0.1) is 18.8 Å². The molecule has 4 nitrogen and oxygen atoms in total. The van der Waals surface area contributed by atoms with E-state index in [0.29, 0.717) is 0 Å². The van der Waals surface area contributed by atoms with Gasteiger partial charge < -0.3 is 4.74 Å². The lowest BCUT2D eigenvalue weighted by atomic mass is 10.0. The van der Waals surface area contributed by atoms with Crippen LogP contribution < -0.4 is 16.0 Å². The second-order valence-corrected chi connectivity index (χ2v) is 4.44. The molecule has 1 atom stereocenters. The number of aromatic nitrogens is 1. The maximum absolute atomic E-state index is 5.66. The molecule has 3 N–H and O–H groups in total. The second-order valence-electron chi connectivity index (χ2n) is 4.44. The van der Waals surface area contributed by atoms with Crippen molar-refractivity contribution < 1.29 is 4.74 Å². The van der Waals surface area contributed by atoms with Gasteiger partial charge in [-0.3, -0.25) is 16.3 Å². The zero-order valence-corrected chi connectivity index (χ0v) is 11.3. The molecule has 0 saturated heterocycles. The summed E-state index contributed by atoms with van der Waals surface area (Å²) in [6, 6.07) is 13.9. The van der Waals surface area contributed by atoms with Crippen molar-refractivity contribution in [1.29, 1.82) is 0 Å². The summed E-state index contributed by atoms with van der Waals surface area (Å²) >= 11 is 0. The van der Waals surface area contributed by atoms with Crippen LogP contribution in [0.15, 0.2) is 42.5 Å². The van der Waals surface area contributed by atoms with E-state index < -0.39 is 0 Å². The minimum atomic E-state index is -0.0313. The first-order valence-corrected chi connectivity index (χ1v) is 6.26. The molecule has 1 aromatic heterocycles. The molecule has 0 aliphatic carbocycles.